The van der Waals surface area contributed by atoms with Crippen LogP contribution in [0.15, 0.2) is 64.3 Å². The molecule has 1 saturated carbocycles. The fourth-order valence-electron chi connectivity index (χ4n) is 4.18. The number of carbonyl (C=O) groups excluding carboxylic acids is 1. The van der Waals surface area contributed by atoms with Crippen molar-refractivity contribution < 1.29 is 9.18 Å². The van der Waals surface area contributed by atoms with Crippen molar-refractivity contribution in [3.63, 3.8) is 0 Å². The van der Waals surface area contributed by atoms with Crippen LogP contribution in [0.25, 0.3) is 22.1 Å². The number of hydrogen-bond acceptors (Lipinski definition) is 5. The number of carbonyl (C=O) groups is 1. The van der Waals surface area contributed by atoms with Gasteiger partial charge in [-0.25, -0.2) is 19.2 Å². The van der Waals surface area contributed by atoms with Gasteiger partial charge in [-0.1, -0.05) is 18.2 Å². The quantitative estimate of drug-likeness (QED) is 0.364. The third-order valence-corrected chi connectivity index (χ3v) is 6.06. The van der Waals surface area contributed by atoms with Crippen LogP contribution >= 0.6 is 0 Å². The molecule has 0 atom stereocenters. The second kappa shape index (κ2) is 8.01. The topological polar surface area (TPSA) is 126 Å². The SMILES string of the molecule is O=C(Nc1ccc2nc(Cc3ccccc3F)[nH]c2c1)c1cnc2c(c1)c(=O)[nH]c(=O)n2C1CC1. The summed E-state index contributed by atoms with van der Waals surface area (Å²) < 4.78 is 15.4. The van der Waals surface area contributed by atoms with E-state index in [1.165, 1.54) is 22.9 Å². The standard InChI is InChI=1S/C25H19FN6O3/c26-18-4-2-1-3-13(18)10-21-29-19-8-5-15(11-20(19)30-21)28-23(33)14-9-17-22(27-12-14)32(16-6-7-16)25(35)31-24(17)34/h1-5,8-9,11-12,16H,6-7,10H2,(H,28,33)(H,29,30)(H,31,34,35). The third-order valence-electron chi connectivity index (χ3n) is 6.06. The van der Waals surface area contributed by atoms with Crippen LogP contribution in [0, 0.1) is 5.82 Å². The van der Waals surface area contributed by atoms with Crippen molar-refractivity contribution in [1.82, 2.24) is 24.5 Å². The molecule has 0 bridgehead atoms. The maximum Gasteiger partial charge on any atom is 0.330 e. The Labute approximate surface area is 196 Å². The van der Waals surface area contributed by atoms with Gasteiger partial charge in [0.05, 0.1) is 22.0 Å². The summed E-state index contributed by atoms with van der Waals surface area (Å²) in [6.45, 7) is 0. The Balaban J connectivity index is 1.27. The van der Waals surface area contributed by atoms with Gasteiger partial charge in [-0.3, -0.25) is 19.1 Å². The molecule has 174 valence electrons. The number of fused-ring (bicyclic) bond motifs is 2. The minimum absolute atomic E-state index is 0.0263. The summed E-state index contributed by atoms with van der Waals surface area (Å²) in [5.41, 5.74) is 1.82. The average molecular weight is 470 g/mol. The first kappa shape index (κ1) is 21.0. The van der Waals surface area contributed by atoms with E-state index in [1.54, 1.807) is 36.4 Å². The molecule has 0 spiro atoms. The van der Waals surface area contributed by atoms with Crippen molar-refractivity contribution in [2.75, 3.05) is 5.32 Å². The van der Waals surface area contributed by atoms with E-state index < -0.39 is 17.2 Å². The van der Waals surface area contributed by atoms with Gasteiger partial charge in [0.1, 0.15) is 17.3 Å². The number of hydrogen-bond donors (Lipinski definition) is 3. The van der Waals surface area contributed by atoms with Crippen LogP contribution in [0.4, 0.5) is 10.1 Å². The number of nitrogens with one attached hydrogen (secondary N) is 3. The molecule has 5 aromatic rings. The first-order valence-electron chi connectivity index (χ1n) is 11.1. The largest absolute Gasteiger partial charge is 0.342 e. The zero-order valence-electron chi connectivity index (χ0n) is 18.3. The van der Waals surface area contributed by atoms with Crippen molar-refractivity contribution in [2.45, 2.75) is 25.3 Å². The van der Waals surface area contributed by atoms with Crippen LogP contribution in [-0.4, -0.2) is 30.4 Å². The molecule has 1 aliphatic carbocycles. The Morgan fingerprint density at radius 2 is 1.94 bits per heavy atom. The zero-order valence-corrected chi connectivity index (χ0v) is 18.3. The molecule has 3 heterocycles. The van der Waals surface area contributed by atoms with E-state index in [2.05, 4.69) is 25.3 Å². The number of benzene rings is 2. The first-order valence-corrected chi connectivity index (χ1v) is 11.1. The fourth-order valence-corrected chi connectivity index (χ4v) is 4.18. The number of amides is 1. The molecule has 10 heteroatoms. The van der Waals surface area contributed by atoms with Crippen LogP contribution in [0.5, 0.6) is 0 Å². The molecule has 0 unspecified atom stereocenters. The van der Waals surface area contributed by atoms with Gasteiger partial charge in [0.2, 0.25) is 0 Å². The van der Waals surface area contributed by atoms with E-state index in [9.17, 15) is 18.8 Å². The predicted molar refractivity (Wildman–Crippen MR) is 128 cm³/mol. The lowest BCUT2D eigenvalue weighted by Gasteiger charge is -2.09. The van der Waals surface area contributed by atoms with Gasteiger partial charge >= 0.3 is 5.69 Å². The number of nitrogens with zero attached hydrogens (tertiary/aromatic N) is 3. The number of aromatic nitrogens is 5. The molecule has 0 radical (unpaired) electrons. The summed E-state index contributed by atoms with van der Waals surface area (Å²) in [6, 6.07) is 13.2. The lowest BCUT2D eigenvalue weighted by molar-refractivity contribution is 0.102. The van der Waals surface area contributed by atoms with Gasteiger partial charge < -0.3 is 10.3 Å². The van der Waals surface area contributed by atoms with Gasteiger partial charge in [0, 0.05) is 24.3 Å². The summed E-state index contributed by atoms with van der Waals surface area (Å²) in [6.07, 6.45) is 3.37. The lowest BCUT2D eigenvalue weighted by atomic mass is 10.1. The Morgan fingerprint density at radius 1 is 1.11 bits per heavy atom. The van der Waals surface area contributed by atoms with E-state index in [1.807, 2.05) is 0 Å². The van der Waals surface area contributed by atoms with E-state index in [0.717, 1.165) is 12.8 Å². The summed E-state index contributed by atoms with van der Waals surface area (Å²) in [7, 11) is 0. The summed E-state index contributed by atoms with van der Waals surface area (Å²) in [5.74, 6) is -0.139. The highest BCUT2D eigenvalue weighted by molar-refractivity contribution is 6.06. The van der Waals surface area contributed by atoms with Crippen molar-refractivity contribution in [3.8, 4) is 0 Å². The minimum Gasteiger partial charge on any atom is -0.342 e. The number of pyridine rings is 1. The molecule has 1 aliphatic rings. The van der Waals surface area contributed by atoms with Gasteiger partial charge in [0.15, 0.2) is 0 Å². The monoisotopic (exact) mass is 470 g/mol. The Kier molecular flexibility index (Phi) is 4.80. The first-order chi connectivity index (χ1) is 17.0. The van der Waals surface area contributed by atoms with Crippen LogP contribution < -0.4 is 16.6 Å². The maximum absolute atomic E-state index is 14.0. The second-order valence-electron chi connectivity index (χ2n) is 8.59. The highest BCUT2D eigenvalue weighted by atomic mass is 19.1. The smallest absolute Gasteiger partial charge is 0.330 e. The van der Waals surface area contributed by atoms with Crippen molar-refractivity contribution in [1.29, 1.82) is 0 Å². The number of halogens is 1. The van der Waals surface area contributed by atoms with Gasteiger partial charge in [-0.2, -0.15) is 0 Å². The van der Waals surface area contributed by atoms with Crippen LogP contribution in [0.3, 0.4) is 0 Å². The zero-order chi connectivity index (χ0) is 24.1. The molecule has 3 aromatic heterocycles. The highest BCUT2D eigenvalue weighted by Crippen LogP contribution is 2.34. The molecular weight excluding hydrogens is 451 g/mol. The fraction of sp³-hybridized carbons (Fsp3) is 0.160. The van der Waals surface area contributed by atoms with Crippen molar-refractivity contribution in [2.24, 2.45) is 0 Å². The second-order valence-corrected chi connectivity index (χ2v) is 8.59. The Bertz CT molecular complexity index is 1750. The summed E-state index contributed by atoms with van der Waals surface area (Å²) in [5, 5.41) is 2.98. The Morgan fingerprint density at radius 3 is 2.74 bits per heavy atom. The number of imidazole rings is 1. The van der Waals surface area contributed by atoms with Crippen molar-refractivity contribution >= 4 is 33.7 Å². The molecule has 9 nitrogen and oxygen atoms in total. The van der Waals surface area contributed by atoms with E-state index in [0.29, 0.717) is 34.5 Å². The highest BCUT2D eigenvalue weighted by Gasteiger charge is 2.27. The normalized spacial score (nSPS) is 13.4. The Hall–Kier alpha value is -4.60. The van der Waals surface area contributed by atoms with Crippen LogP contribution in [0.1, 0.15) is 40.6 Å². The van der Waals surface area contributed by atoms with E-state index in [4.69, 9.17) is 0 Å². The number of rotatable bonds is 5. The lowest BCUT2D eigenvalue weighted by Crippen LogP contribution is -2.30. The predicted octanol–water partition coefficient (Wildman–Crippen LogP) is 3.28. The average Bonchev–Trinajstić information content (AvgIpc) is 3.59. The molecule has 1 fully saturated rings. The molecular formula is C25H19FN6O3. The van der Waals surface area contributed by atoms with Gasteiger partial charge in [0.25, 0.3) is 11.5 Å². The molecule has 3 N–H and O–H groups in total. The maximum atomic E-state index is 14.0. The molecule has 2 aromatic carbocycles. The summed E-state index contributed by atoms with van der Waals surface area (Å²) in [4.78, 5) is 51.7. The van der Waals surface area contributed by atoms with Crippen LogP contribution in [-0.2, 0) is 6.42 Å². The minimum atomic E-state index is -0.578. The molecule has 35 heavy (non-hydrogen) atoms. The van der Waals surface area contributed by atoms with Crippen molar-refractivity contribution in [3.05, 3.63) is 98.3 Å². The third kappa shape index (κ3) is 3.88. The summed E-state index contributed by atoms with van der Waals surface area (Å²) >= 11 is 0. The van der Waals surface area contributed by atoms with Gasteiger partial charge in [-0.05, 0) is 48.7 Å². The number of H-pyrrole nitrogens is 2. The molecule has 0 saturated heterocycles. The van der Waals surface area contributed by atoms with E-state index in [-0.39, 0.29) is 28.5 Å². The van der Waals surface area contributed by atoms with Gasteiger partial charge in [-0.15, -0.1) is 0 Å². The molecule has 0 aliphatic heterocycles. The van der Waals surface area contributed by atoms with Crippen LogP contribution in [0.2, 0.25) is 0 Å². The van der Waals surface area contributed by atoms with E-state index >= 15 is 0 Å². The number of anilines is 1. The molecule has 6 rings (SSSR count). The number of aromatic amines is 2. The molecule has 1 amide bonds.